The smallest absolute Gasteiger partial charge is 0.297 e. The predicted molar refractivity (Wildman–Crippen MR) is 80.6 cm³/mol. The molecular weight excluding hydrogens is 284 g/mol. The van der Waals surface area contributed by atoms with Gasteiger partial charge in [0, 0.05) is 13.1 Å². The van der Waals surface area contributed by atoms with Gasteiger partial charge < -0.3 is 9.42 Å². The molecule has 0 N–H and O–H groups in total. The van der Waals surface area contributed by atoms with Crippen LogP contribution < -0.4 is 5.56 Å². The highest BCUT2D eigenvalue weighted by atomic mass is 16.5. The maximum absolute atomic E-state index is 12.4. The van der Waals surface area contributed by atoms with E-state index in [1.807, 2.05) is 4.90 Å². The summed E-state index contributed by atoms with van der Waals surface area (Å²) >= 11 is 0. The monoisotopic (exact) mass is 304 g/mol. The van der Waals surface area contributed by atoms with Crippen molar-refractivity contribution in [3.63, 3.8) is 0 Å². The molecule has 118 valence electrons. The zero-order valence-electron chi connectivity index (χ0n) is 13.0. The Kier molecular flexibility index (Phi) is 3.96. The second-order valence-corrected chi connectivity index (χ2v) is 5.81. The lowest BCUT2D eigenvalue weighted by molar-refractivity contribution is -0.132. The molecular formula is C15H20N4O3. The Morgan fingerprint density at radius 3 is 2.55 bits per heavy atom. The van der Waals surface area contributed by atoms with Crippen molar-refractivity contribution < 1.29 is 9.32 Å². The zero-order valence-corrected chi connectivity index (χ0v) is 13.0. The van der Waals surface area contributed by atoms with Gasteiger partial charge in [0.15, 0.2) is 5.52 Å². The average molecular weight is 304 g/mol. The van der Waals surface area contributed by atoms with E-state index in [4.69, 9.17) is 4.52 Å². The van der Waals surface area contributed by atoms with Crippen LogP contribution in [0.15, 0.2) is 9.32 Å². The van der Waals surface area contributed by atoms with Crippen LogP contribution in [0.25, 0.3) is 10.9 Å². The van der Waals surface area contributed by atoms with E-state index in [1.54, 1.807) is 13.8 Å². The molecule has 3 heterocycles. The summed E-state index contributed by atoms with van der Waals surface area (Å²) in [6.45, 7) is 5.02. The molecule has 7 nitrogen and oxygen atoms in total. The van der Waals surface area contributed by atoms with Gasteiger partial charge in [0.2, 0.25) is 5.91 Å². The van der Waals surface area contributed by atoms with Crippen molar-refractivity contribution in [1.82, 2.24) is 19.8 Å². The number of hydrogen-bond acceptors (Lipinski definition) is 5. The molecule has 0 bridgehead atoms. The number of carbonyl (C=O) groups excluding carboxylic acids is 1. The van der Waals surface area contributed by atoms with Crippen LogP contribution in [0.4, 0.5) is 0 Å². The van der Waals surface area contributed by atoms with Gasteiger partial charge in [-0.15, -0.1) is 0 Å². The highest BCUT2D eigenvalue weighted by molar-refractivity contribution is 5.82. The van der Waals surface area contributed by atoms with Gasteiger partial charge in [-0.3, -0.25) is 9.59 Å². The Morgan fingerprint density at radius 1 is 1.18 bits per heavy atom. The van der Waals surface area contributed by atoms with E-state index in [-0.39, 0.29) is 23.5 Å². The minimum absolute atomic E-state index is 0.0402. The summed E-state index contributed by atoms with van der Waals surface area (Å²) in [5.41, 5.74) is 0.520. The summed E-state index contributed by atoms with van der Waals surface area (Å²) in [6.07, 6.45) is 4.36. The summed E-state index contributed by atoms with van der Waals surface area (Å²) in [4.78, 5) is 26.6. The Balaban J connectivity index is 1.89. The van der Waals surface area contributed by atoms with Gasteiger partial charge in [0.25, 0.3) is 5.56 Å². The lowest BCUT2D eigenvalue weighted by atomic mass is 10.2. The number of amides is 1. The van der Waals surface area contributed by atoms with E-state index < -0.39 is 0 Å². The standard InChI is InChI=1S/C15H20N4O3/c1-10-13-11(2)22-17-14(13)15(21)19(16-10)9-12(20)18-7-5-3-4-6-8-18/h3-9H2,1-2H3. The second kappa shape index (κ2) is 5.90. The third-order valence-corrected chi connectivity index (χ3v) is 4.18. The normalized spacial score (nSPS) is 16.0. The van der Waals surface area contributed by atoms with Crippen LogP contribution >= 0.6 is 0 Å². The first-order valence-electron chi connectivity index (χ1n) is 7.69. The maximum Gasteiger partial charge on any atom is 0.297 e. The molecule has 0 spiro atoms. The Hall–Kier alpha value is -2.18. The third kappa shape index (κ3) is 2.63. The summed E-state index contributed by atoms with van der Waals surface area (Å²) in [5, 5.41) is 8.69. The molecule has 7 heteroatoms. The first-order valence-corrected chi connectivity index (χ1v) is 7.69. The SMILES string of the molecule is Cc1nn(CC(=O)N2CCCCCC2)c(=O)c2noc(C)c12. The van der Waals surface area contributed by atoms with Crippen LogP contribution in [0.5, 0.6) is 0 Å². The highest BCUT2D eigenvalue weighted by Gasteiger charge is 2.20. The van der Waals surface area contributed by atoms with Crippen LogP contribution in [0.3, 0.4) is 0 Å². The van der Waals surface area contributed by atoms with Crippen molar-refractivity contribution in [1.29, 1.82) is 0 Å². The van der Waals surface area contributed by atoms with Gasteiger partial charge in [-0.1, -0.05) is 18.0 Å². The van der Waals surface area contributed by atoms with Crippen LogP contribution in [0.1, 0.15) is 37.1 Å². The van der Waals surface area contributed by atoms with Crippen LogP contribution in [0.2, 0.25) is 0 Å². The first-order chi connectivity index (χ1) is 10.6. The van der Waals surface area contributed by atoms with E-state index in [1.165, 1.54) is 4.68 Å². The lowest BCUT2D eigenvalue weighted by Crippen LogP contribution is -2.38. The number of nitrogens with zero attached hydrogens (tertiary/aromatic N) is 4. The summed E-state index contributed by atoms with van der Waals surface area (Å²) in [7, 11) is 0. The molecule has 1 aliphatic heterocycles. The summed E-state index contributed by atoms with van der Waals surface area (Å²) < 4.78 is 6.27. The highest BCUT2D eigenvalue weighted by Crippen LogP contribution is 2.16. The van der Waals surface area contributed by atoms with Crippen molar-refractivity contribution in [2.24, 2.45) is 0 Å². The summed E-state index contributed by atoms with van der Waals surface area (Å²) in [6, 6.07) is 0. The van der Waals surface area contributed by atoms with Crippen molar-refractivity contribution in [3.05, 3.63) is 21.8 Å². The molecule has 3 rings (SSSR count). The van der Waals surface area contributed by atoms with Crippen LogP contribution in [0, 0.1) is 13.8 Å². The van der Waals surface area contributed by atoms with Crippen LogP contribution in [-0.2, 0) is 11.3 Å². The average Bonchev–Trinajstić information content (AvgIpc) is 2.72. The molecule has 1 saturated heterocycles. The number of hydrogen-bond donors (Lipinski definition) is 0. The van der Waals surface area contributed by atoms with Gasteiger partial charge in [-0.25, -0.2) is 4.68 Å². The van der Waals surface area contributed by atoms with Crippen molar-refractivity contribution in [3.8, 4) is 0 Å². The Morgan fingerprint density at radius 2 is 1.86 bits per heavy atom. The van der Waals surface area contributed by atoms with E-state index in [2.05, 4.69) is 10.3 Å². The molecule has 22 heavy (non-hydrogen) atoms. The molecule has 0 saturated carbocycles. The third-order valence-electron chi connectivity index (χ3n) is 4.18. The number of aryl methyl sites for hydroxylation is 2. The number of fused-ring (bicyclic) bond motifs is 1. The first kappa shape index (κ1) is 14.7. The molecule has 2 aromatic rings. The molecule has 0 aromatic carbocycles. The number of likely N-dealkylation sites (tertiary alicyclic amines) is 1. The van der Waals surface area contributed by atoms with Gasteiger partial charge in [0.05, 0.1) is 11.1 Å². The predicted octanol–water partition coefficient (Wildman–Crippen LogP) is 1.40. The quantitative estimate of drug-likeness (QED) is 0.837. The van der Waals surface area contributed by atoms with Gasteiger partial charge >= 0.3 is 0 Å². The van der Waals surface area contributed by atoms with Crippen LogP contribution in [-0.4, -0.2) is 38.8 Å². The van der Waals surface area contributed by atoms with Gasteiger partial charge in [-0.2, -0.15) is 5.10 Å². The van der Waals surface area contributed by atoms with E-state index >= 15 is 0 Å². The fraction of sp³-hybridized carbons (Fsp3) is 0.600. The van der Waals surface area contributed by atoms with Gasteiger partial charge in [0.1, 0.15) is 12.3 Å². The Labute approximate surface area is 127 Å². The molecule has 0 unspecified atom stereocenters. The molecule has 1 aliphatic rings. The fourth-order valence-corrected chi connectivity index (χ4v) is 3.00. The molecule has 0 aliphatic carbocycles. The largest absolute Gasteiger partial charge is 0.360 e. The molecule has 1 fully saturated rings. The summed E-state index contributed by atoms with van der Waals surface area (Å²) in [5.74, 6) is 0.513. The maximum atomic E-state index is 12.4. The molecule has 0 radical (unpaired) electrons. The minimum Gasteiger partial charge on any atom is -0.360 e. The zero-order chi connectivity index (χ0) is 15.7. The van der Waals surface area contributed by atoms with Crippen molar-refractivity contribution in [2.75, 3.05) is 13.1 Å². The second-order valence-electron chi connectivity index (χ2n) is 5.81. The topological polar surface area (TPSA) is 81.2 Å². The molecule has 0 atom stereocenters. The molecule has 2 aromatic heterocycles. The fourth-order valence-electron chi connectivity index (χ4n) is 3.00. The minimum atomic E-state index is -0.374. The van der Waals surface area contributed by atoms with E-state index in [9.17, 15) is 9.59 Å². The van der Waals surface area contributed by atoms with E-state index in [0.717, 1.165) is 38.8 Å². The lowest BCUT2D eigenvalue weighted by Gasteiger charge is -2.20. The molecule has 1 amide bonds. The van der Waals surface area contributed by atoms with E-state index in [0.29, 0.717) is 16.8 Å². The number of aromatic nitrogens is 3. The van der Waals surface area contributed by atoms with Crippen molar-refractivity contribution >= 4 is 16.8 Å². The van der Waals surface area contributed by atoms with Crippen molar-refractivity contribution in [2.45, 2.75) is 46.1 Å². The number of carbonyl (C=O) groups is 1. The number of rotatable bonds is 2. The Bertz CT molecular complexity index is 754. The van der Waals surface area contributed by atoms with Gasteiger partial charge in [-0.05, 0) is 26.7 Å².